The molecule has 0 spiro atoms. The van der Waals surface area contributed by atoms with E-state index < -0.39 is 27.9 Å². The summed E-state index contributed by atoms with van der Waals surface area (Å²) < 4.78 is 12.4. The van der Waals surface area contributed by atoms with Crippen molar-refractivity contribution in [2.45, 2.75) is 31.6 Å². The Morgan fingerprint density at radius 2 is 1.69 bits per heavy atom. The fraction of sp³-hybridized carbons (Fsp3) is 0.300. The third-order valence-corrected chi connectivity index (χ3v) is 5.63. The van der Waals surface area contributed by atoms with Crippen LogP contribution in [-0.4, -0.2) is 32.2 Å². The summed E-state index contributed by atoms with van der Waals surface area (Å²) in [5, 5.41) is 11.0. The summed E-state index contributed by atoms with van der Waals surface area (Å²) in [6.45, 7) is 2.31. The van der Waals surface area contributed by atoms with Gasteiger partial charge in [0.1, 0.15) is 11.0 Å². The first-order chi connectivity index (χ1) is 12.5. The zero-order valence-corrected chi connectivity index (χ0v) is 15.5. The first-order valence-electron chi connectivity index (χ1n) is 8.42. The van der Waals surface area contributed by atoms with Crippen LogP contribution in [0, 0.1) is 6.92 Å². The summed E-state index contributed by atoms with van der Waals surface area (Å²) >= 11 is 0. The van der Waals surface area contributed by atoms with Gasteiger partial charge in [-0.15, -0.1) is 0 Å². The lowest BCUT2D eigenvalue weighted by atomic mass is 10.1. The molecule has 2 N–H and O–H groups in total. The van der Waals surface area contributed by atoms with Crippen LogP contribution in [0.25, 0.3) is 0 Å². The second-order valence-electron chi connectivity index (χ2n) is 6.14. The van der Waals surface area contributed by atoms with Crippen molar-refractivity contribution in [3.63, 3.8) is 0 Å². The highest BCUT2D eigenvalue weighted by molar-refractivity contribution is 7.87. The Morgan fingerprint density at radius 3 is 2.31 bits per heavy atom. The highest BCUT2D eigenvalue weighted by atomic mass is 32.2. The average Bonchev–Trinajstić information content (AvgIpc) is 2.62. The van der Waals surface area contributed by atoms with Crippen molar-refractivity contribution in [2.24, 2.45) is 0 Å². The molecule has 1 amide bonds. The molecule has 138 valence electrons. The van der Waals surface area contributed by atoms with Crippen LogP contribution >= 0.6 is 0 Å². The van der Waals surface area contributed by atoms with Gasteiger partial charge in [0.2, 0.25) is 5.91 Å². The predicted molar refractivity (Wildman–Crippen MR) is 102 cm³/mol. The Bertz CT molecular complexity index is 759. The highest BCUT2D eigenvalue weighted by Gasteiger charge is 2.26. The number of rotatable bonds is 9. The third kappa shape index (κ3) is 6.44. The van der Waals surface area contributed by atoms with E-state index in [0.29, 0.717) is 13.0 Å². The van der Waals surface area contributed by atoms with Crippen LogP contribution in [-0.2, 0) is 33.4 Å². The van der Waals surface area contributed by atoms with E-state index >= 15 is 0 Å². The van der Waals surface area contributed by atoms with Crippen molar-refractivity contribution in [2.75, 3.05) is 5.75 Å². The van der Waals surface area contributed by atoms with Crippen LogP contribution in [0.5, 0.6) is 0 Å². The molecule has 0 heterocycles. The van der Waals surface area contributed by atoms with Crippen LogP contribution in [0.1, 0.15) is 23.1 Å². The number of carboxylic acids is 1. The van der Waals surface area contributed by atoms with Crippen LogP contribution in [0.15, 0.2) is 54.6 Å². The monoisotopic (exact) mass is 373 g/mol. The molecule has 2 aromatic carbocycles. The maximum atomic E-state index is 12.4. The van der Waals surface area contributed by atoms with Gasteiger partial charge in [-0.3, -0.25) is 13.8 Å². The molecule has 0 saturated carbocycles. The predicted octanol–water partition coefficient (Wildman–Crippen LogP) is 2.45. The molecule has 0 bridgehead atoms. The number of aryl methyl sites for hydroxylation is 2. The normalized spacial score (nSPS) is 13.0. The fourth-order valence-electron chi connectivity index (χ4n) is 2.50. The lowest BCUT2D eigenvalue weighted by molar-refractivity contribution is -0.136. The summed E-state index contributed by atoms with van der Waals surface area (Å²) in [4.78, 5) is 23.4. The molecular weight excluding hydrogens is 350 g/mol. The van der Waals surface area contributed by atoms with Gasteiger partial charge in [-0.05, 0) is 30.9 Å². The molecule has 2 aromatic rings. The van der Waals surface area contributed by atoms with Crippen molar-refractivity contribution < 1.29 is 18.9 Å². The van der Waals surface area contributed by atoms with Gasteiger partial charge in [0, 0.05) is 17.3 Å². The summed E-state index contributed by atoms with van der Waals surface area (Å²) in [6, 6.07) is 17.1. The van der Waals surface area contributed by atoms with Crippen molar-refractivity contribution in [1.82, 2.24) is 5.32 Å². The molecule has 2 unspecified atom stereocenters. The number of carbonyl (C=O) groups is 2. The van der Waals surface area contributed by atoms with E-state index in [1.165, 1.54) is 0 Å². The van der Waals surface area contributed by atoms with E-state index in [1.54, 1.807) is 0 Å². The van der Waals surface area contributed by atoms with Gasteiger partial charge in [0.15, 0.2) is 0 Å². The lowest BCUT2D eigenvalue weighted by Gasteiger charge is -2.12. The molecule has 2 atom stereocenters. The number of hydrogen-bond donors (Lipinski definition) is 2. The number of amides is 1. The first kappa shape index (κ1) is 19.8. The molecule has 0 aromatic heterocycles. The van der Waals surface area contributed by atoms with E-state index in [1.807, 2.05) is 61.5 Å². The van der Waals surface area contributed by atoms with Gasteiger partial charge in [0.25, 0.3) is 0 Å². The first-order valence-corrected chi connectivity index (χ1v) is 9.80. The molecule has 0 radical (unpaired) electrons. The van der Waals surface area contributed by atoms with Gasteiger partial charge < -0.3 is 10.4 Å². The summed E-state index contributed by atoms with van der Waals surface area (Å²) in [7, 11) is -1.77. The van der Waals surface area contributed by atoms with Crippen molar-refractivity contribution >= 4 is 22.7 Å². The lowest BCUT2D eigenvalue weighted by Crippen LogP contribution is -2.35. The van der Waals surface area contributed by atoms with E-state index in [9.17, 15) is 18.9 Å². The minimum absolute atomic E-state index is 0.233. The number of carbonyl (C=O) groups excluding carboxylic acids is 1. The Morgan fingerprint density at radius 1 is 1.04 bits per heavy atom. The zero-order chi connectivity index (χ0) is 18.9. The molecule has 0 aliphatic heterocycles. The smallest absolute Gasteiger partial charge is 0.319 e. The molecule has 5 nitrogen and oxygen atoms in total. The molecule has 0 aliphatic carbocycles. The average molecular weight is 373 g/mol. The Balaban J connectivity index is 1.85. The second-order valence-corrected chi connectivity index (χ2v) is 7.76. The maximum absolute atomic E-state index is 12.4. The number of nitrogens with one attached hydrogen (secondary N) is 1. The third-order valence-electron chi connectivity index (χ3n) is 4.01. The standard InChI is InChI=1S/C20H23NO4S/c1-15-7-9-16(10-8-15)11-12-18(20(23)24)26(25)14-19(22)21-13-17-5-3-2-4-6-17/h2-10,18H,11-14H2,1H3,(H,21,22)(H,23,24). The van der Waals surface area contributed by atoms with Crippen molar-refractivity contribution in [1.29, 1.82) is 0 Å². The van der Waals surface area contributed by atoms with Crippen molar-refractivity contribution in [3.05, 3.63) is 71.3 Å². The quantitative estimate of drug-likeness (QED) is 0.707. The number of benzene rings is 2. The van der Waals surface area contributed by atoms with Gasteiger partial charge in [0.05, 0.1) is 0 Å². The molecule has 0 aliphatic rings. The molecular formula is C20H23NO4S. The number of carboxylic acid groups (broad SMARTS) is 1. The van der Waals surface area contributed by atoms with E-state index in [0.717, 1.165) is 16.7 Å². The largest absolute Gasteiger partial charge is 0.480 e. The minimum atomic E-state index is -1.77. The fourth-order valence-corrected chi connectivity index (χ4v) is 3.66. The maximum Gasteiger partial charge on any atom is 0.319 e. The highest BCUT2D eigenvalue weighted by Crippen LogP contribution is 2.11. The van der Waals surface area contributed by atoms with Gasteiger partial charge >= 0.3 is 5.97 Å². The zero-order valence-electron chi connectivity index (χ0n) is 14.7. The SMILES string of the molecule is Cc1ccc(CCC(C(=O)O)S(=O)CC(=O)NCc2ccccc2)cc1. The van der Waals surface area contributed by atoms with Crippen LogP contribution in [0.2, 0.25) is 0 Å². The molecule has 0 saturated heterocycles. The van der Waals surface area contributed by atoms with Gasteiger partial charge in [-0.1, -0.05) is 60.2 Å². The Kier molecular flexibility index (Phi) is 7.53. The Labute approximate surface area is 155 Å². The minimum Gasteiger partial charge on any atom is -0.480 e. The molecule has 0 fully saturated rings. The number of hydrogen-bond acceptors (Lipinski definition) is 3. The van der Waals surface area contributed by atoms with Crippen LogP contribution in [0.4, 0.5) is 0 Å². The number of aliphatic carboxylic acids is 1. The summed E-state index contributed by atoms with van der Waals surface area (Å²) in [5.74, 6) is -1.85. The van der Waals surface area contributed by atoms with E-state index in [2.05, 4.69) is 5.32 Å². The molecule has 26 heavy (non-hydrogen) atoms. The van der Waals surface area contributed by atoms with Crippen molar-refractivity contribution in [3.8, 4) is 0 Å². The van der Waals surface area contributed by atoms with Crippen LogP contribution in [0.3, 0.4) is 0 Å². The molecule has 6 heteroatoms. The van der Waals surface area contributed by atoms with E-state index in [4.69, 9.17) is 0 Å². The van der Waals surface area contributed by atoms with E-state index in [-0.39, 0.29) is 12.2 Å². The van der Waals surface area contributed by atoms with Crippen LogP contribution < -0.4 is 5.32 Å². The molecule has 2 rings (SSSR count). The second kappa shape index (κ2) is 9.87. The summed E-state index contributed by atoms with van der Waals surface area (Å²) in [5.41, 5.74) is 3.05. The van der Waals surface area contributed by atoms with Gasteiger partial charge in [-0.25, -0.2) is 0 Å². The van der Waals surface area contributed by atoms with Gasteiger partial charge in [-0.2, -0.15) is 0 Å². The topological polar surface area (TPSA) is 83.5 Å². The summed E-state index contributed by atoms with van der Waals surface area (Å²) in [6.07, 6.45) is 0.742. The Hall–Kier alpha value is -2.47.